The van der Waals surface area contributed by atoms with Gasteiger partial charge in [0.05, 0.1) is 0 Å². The first kappa shape index (κ1) is 12.9. The van der Waals surface area contributed by atoms with Gasteiger partial charge in [-0.3, -0.25) is 9.59 Å². The van der Waals surface area contributed by atoms with Crippen LogP contribution in [-0.4, -0.2) is 21.1 Å². The molecule has 7 heteroatoms. The quantitative estimate of drug-likeness (QED) is 0.714. The molecule has 1 heterocycles. The van der Waals surface area contributed by atoms with Crippen molar-refractivity contribution in [3.8, 4) is 0 Å². The fourth-order valence-electron chi connectivity index (χ4n) is 1.42. The van der Waals surface area contributed by atoms with Gasteiger partial charge in [-0.1, -0.05) is 24.4 Å². The molecule has 1 amide bonds. The molecule has 0 atom stereocenters. The first-order valence-corrected chi connectivity index (χ1v) is 5.74. The van der Waals surface area contributed by atoms with Crippen molar-refractivity contribution in [1.29, 1.82) is 0 Å². The molecule has 0 unspecified atom stereocenters. The maximum atomic E-state index is 11.9. The Kier molecular flexibility index (Phi) is 3.67. The van der Waals surface area contributed by atoms with Crippen molar-refractivity contribution >= 4 is 28.9 Å². The Bertz CT molecular complexity index is 676. The molecular formula is C12H10N4O2S. The Balaban J connectivity index is 2.20. The minimum Gasteiger partial charge on any atom is -0.389 e. The Morgan fingerprint density at radius 2 is 2.00 bits per heavy atom. The highest BCUT2D eigenvalue weighted by Crippen LogP contribution is 2.08. The molecule has 2 rings (SSSR count). The first-order valence-electron chi connectivity index (χ1n) is 5.33. The minimum atomic E-state index is -0.363. The number of carbonyl (C=O) groups is 1. The summed E-state index contributed by atoms with van der Waals surface area (Å²) in [6.45, 7) is 0. The second kappa shape index (κ2) is 5.40. The number of aromatic amines is 1. The van der Waals surface area contributed by atoms with Crippen molar-refractivity contribution in [1.82, 2.24) is 10.2 Å². The topological polar surface area (TPSA) is 101 Å². The zero-order valence-corrected chi connectivity index (χ0v) is 10.5. The molecule has 0 spiro atoms. The molecule has 1 aromatic heterocycles. The fourth-order valence-corrected chi connectivity index (χ4v) is 1.54. The fraction of sp³-hybridized carbons (Fsp3) is 0. The van der Waals surface area contributed by atoms with Gasteiger partial charge in [0.15, 0.2) is 5.82 Å². The van der Waals surface area contributed by atoms with E-state index in [0.29, 0.717) is 11.1 Å². The van der Waals surface area contributed by atoms with Gasteiger partial charge >= 0.3 is 0 Å². The molecule has 96 valence electrons. The highest BCUT2D eigenvalue weighted by Gasteiger charge is 2.08. The summed E-state index contributed by atoms with van der Waals surface area (Å²) in [6.07, 6.45) is 0. The van der Waals surface area contributed by atoms with Gasteiger partial charge in [-0.25, -0.2) is 5.10 Å². The summed E-state index contributed by atoms with van der Waals surface area (Å²) in [5.41, 5.74) is 6.17. The van der Waals surface area contributed by atoms with Gasteiger partial charge in [-0.15, -0.1) is 0 Å². The van der Waals surface area contributed by atoms with Crippen molar-refractivity contribution in [3.63, 3.8) is 0 Å². The number of hydrogen-bond donors (Lipinski definition) is 3. The minimum absolute atomic E-state index is 0.219. The molecule has 0 bridgehead atoms. The molecule has 0 radical (unpaired) electrons. The smallest absolute Gasteiger partial charge is 0.264 e. The lowest BCUT2D eigenvalue weighted by molar-refractivity contribution is 0.102. The first-order chi connectivity index (χ1) is 9.06. The molecule has 0 saturated carbocycles. The third kappa shape index (κ3) is 3.23. The number of H-pyrrole nitrogens is 1. The number of rotatable bonds is 3. The number of benzene rings is 1. The molecule has 0 aliphatic carbocycles. The number of aromatic nitrogens is 2. The monoisotopic (exact) mass is 274 g/mol. The van der Waals surface area contributed by atoms with Crippen molar-refractivity contribution < 1.29 is 4.79 Å². The summed E-state index contributed by atoms with van der Waals surface area (Å²) < 4.78 is 0. The third-order valence-electron chi connectivity index (χ3n) is 2.33. The highest BCUT2D eigenvalue weighted by atomic mass is 32.1. The Morgan fingerprint density at radius 1 is 1.26 bits per heavy atom. The normalized spacial score (nSPS) is 9.89. The van der Waals surface area contributed by atoms with Crippen molar-refractivity contribution in [3.05, 3.63) is 57.9 Å². The zero-order valence-electron chi connectivity index (χ0n) is 9.71. The highest BCUT2D eigenvalue weighted by molar-refractivity contribution is 7.80. The van der Waals surface area contributed by atoms with E-state index in [4.69, 9.17) is 18.0 Å². The van der Waals surface area contributed by atoms with Crippen LogP contribution in [0, 0.1) is 0 Å². The van der Waals surface area contributed by atoms with Crippen LogP contribution in [0.2, 0.25) is 0 Å². The second-order valence-electron chi connectivity index (χ2n) is 3.71. The van der Waals surface area contributed by atoms with Crippen molar-refractivity contribution in [2.24, 2.45) is 5.73 Å². The number of nitrogens with one attached hydrogen (secondary N) is 2. The predicted molar refractivity (Wildman–Crippen MR) is 75.1 cm³/mol. The number of hydrogen-bond acceptors (Lipinski definition) is 4. The van der Waals surface area contributed by atoms with Gasteiger partial charge in [-0.2, -0.15) is 5.10 Å². The number of thiocarbonyl (C=S) groups is 1. The lowest BCUT2D eigenvalue weighted by Gasteiger charge is -2.05. The van der Waals surface area contributed by atoms with Crippen LogP contribution in [-0.2, 0) is 0 Å². The summed E-state index contributed by atoms with van der Waals surface area (Å²) in [5.74, 6) is -0.108. The van der Waals surface area contributed by atoms with E-state index in [0.717, 1.165) is 0 Å². The second-order valence-corrected chi connectivity index (χ2v) is 4.15. The number of carbonyl (C=O) groups excluding carboxylic acids is 1. The van der Waals surface area contributed by atoms with E-state index in [1.54, 1.807) is 24.3 Å². The molecule has 0 aliphatic heterocycles. The Labute approximate surface area is 113 Å². The summed E-state index contributed by atoms with van der Waals surface area (Å²) in [6, 6.07) is 9.30. The van der Waals surface area contributed by atoms with Crippen LogP contribution in [0.25, 0.3) is 0 Å². The van der Waals surface area contributed by atoms with Gasteiger partial charge in [0.2, 0.25) is 0 Å². The third-order valence-corrected chi connectivity index (χ3v) is 2.57. The molecule has 0 saturated heterocycles. The number of nitrogens with zero attached hydrogens (tertiary/aromatic N) is 1. The van der Waals surface area contributed by atoms with E-state index < -0.39 is 0 Å². The van der Waals surface area contributed by atoms with Crippen molar-refractivity contribution in [2.75, 3.05) is 5.32 Å². The molecule has 4 N–H and O–H groups in total. The lowest BCUT2D eigenvalue weighted by atomic mass is 10.1. The number of anilines is 1. The van der Waals surface area contributed by atoms with E-state index in [2.05, 4.69) is 15.5 Å². The summed E-state index contributed by atoms with van der Waals surface area (Å²) in [7, 11) is 0. The van der Waals surface area contributed by atoms with Gasteiger partial charge in [0.1, 0.15) is 4.99 Å². The zero-order chi connectivity index (χ0) is 13.8. The SMILES string of the molecule is NC(=S)c1cccc(C(=O)Nc2ccc(=O)[nH]n2)c1. The summed E-state index contributed by atoms with van der Waals surface area (Å²) in [4.78, 5) is 23.0. The maximum absolute atomic E-state index is 11.9. The van der Waals surface area contributed by atoms with Gasteiger partial charge < -0.3 is 11.1 Å². The van der Waals surface area contributed by atoms with Gasteiger partial charge in [0, 0.05) is 17.2 Å². The molecule has 6 nitrogen and oxygen atoms in total. The summed E-state index contributed by atoms with van der Waals surface area (Å²) in [5, 5.41) is 8.45. The molecule has 1 aromatic carbocycles. The molecule has 19 heavy (non-hydrogen) atoms. The standard InChI is InChI=1S/C12H10N4O2S/c13-11(19)7-2-1-3-8(6-7)12(18)14-9-4-5-10(17)16-15-9/h1-6H,(H2,13,19)(H,16,17)(H,14,15,18). The van der Waals surface area contributed by atoms with Crippen LogP contribution in [0.4, 0.5) is 5.82 Å². The van der Waals surface area contributed by atoms with E-state index in [9.17, 15) is 9.59 Å². The van der Waals surface area contributed by atoms with E-state index in [1.165, 1.54) is 12.1 Å². The number of nitrogens with two attached hydrogens (primary N) is 1. The van der Waals surface area contributed by atoms with Crippen molar-refractivity contribution in [2.45, 2.75) is 0 Å². The van der Waals surface area contributed by atoms with E-state index in [1.807, 2.05) is 0 Å². The van der Waals surface area contributed by atoms with Gasteiger partial charge in [0.25, 0.3) is 11.5 Å². The predicted octanol–water partition coefficient (Wildman–Crippen LogP) is 0.656. The average molecular weight is 274 g/mol. The summed E-state index contributed by atoms with van der Waals surface area (Å²) >= 11 is 4.85. The Morgan fingerprint density at radius 3 is 2.63 bits per heavy atom. The maximum Gasteiger partial charge on any atom is 0.264 e. The lowest BCUT2D eigenvalue weighted by Crippen LogP contribution is -2.17. The largest absolute Gasteiger partial charge is 0.389 e. The van der Waals surface area contributed by atoms with Crippen LogP contribution >= 0.6 is 12.2 Å². The van der Waals surface area contributed by atoms with Crippen LogP contribution in [0.3, 0.4) is 0 Å². The van der Waals surface area contributed by atoms with E-state index in [-0.39, 0.29) is 22.3 Å². The van der Waals surface area contributed by atoms with Crippen LogP contribution < -0.4 is 16.6 Å². The van der Waals surface area contributed by atoms with Crippen LogP contribution in [0.1, 0.15) is 15.9 Å². The van der Waals surface area contributed by atoms with Crippen LogP contribution in [0.15, 0.2) is 41.2 Å². The molecule has 0 fully saturated rings. The van der Waals surface area contributed by atoms with E-state index >= 15 is 0 Å². The van der Waals surface area contributed by atoms with Crippen LogP contribution in [0.5, 0.6) is 0 Å². The average Bonchev–Trinajstić information content (AvgIpc) is 2.41. The molecular weight excluding hydrogens is 264 g/mol. The number of amides is 1. The van der Waals surface area contributed by atoms with Gasteiger partial charge in [-0.05, 0) is 18.2 Å². The molecule has 2 aromatic rings. The Hall–Kier alpha value is -2.54. The molecule has 0 aliphatic rings.